The van der Waals surface area contributed by atoms with Crippen LogP contribution in [0.15, 0.2) is 41.4 Å². The molecule has 108 valence electrons. The molecule has 0 saturated carbocycles. The molecule has 1 heterocycles. The van der Waals surface area contributed by atoms with E-state index in [0.29, 0.717) is 28.3 Å². The fourth-order valence-corrected chi connectivity index (χ4v) is 2.30. The molecule has 2 aromatic rings. The van der Waals surface area contributed by atoms with Crippen LogP contribution in [0, 0.1) is 11.6 Å². The van der Waals surface area contributed by atoms with Gasteiger partial charge in [-0.1, -0.05) is 0 Å². The van der Waals surface area contributed by atoms with E-state index in [4.69, 9.17) is 10.5 Å². The lowest BCUT2D eigenvalue weighted by Gasteiger charge is -2.30. The summed E-state index contributed by atoms with van der Waals surface area (Å²) in [5, 5.41) is 0. The van der Waals surface area contributed by atoms with Gasteiger partial charge in [0.1, 0.15) is 5.75 Å². The standard InChI is InChI=1S/C16H14F2N2O/c1-16(2)20-15(9-3-6-12(17)13(18)7-9)11-5-4-10(19)8-14(11)21-16/h3-8H,19H2,1-2H3. The maximum absolute atomic E-state index is 13.5. The minimum absolute atomic E-state index is 0.497. The van der Waals surface area contributed by atoms with Crippen LogP contribution < -0.4 is 10.5 Å². The Morgan fingerprint density at radius 3 is 2.52 bits per heavy atom. The molecule has 0 spiro atoms. The van der Waals surface area contributed by atoms with Gasteiger partial charge in [-0.2, -0.15) is 0 Å². The van der Waals surface area contributed by atoms with Gasteiger partial charge in [0, 0.05) is 22.9 Å². The van der Waals surface area contributed by atoms with Crippen LogP contribution in [-0.2, 0) is 0 Å². The predicted octanol–water partition coefficient (Wildman–Crippen LogP) is 3.51. The number of hydrogen-bond acceptors (Lipinski definition) is 3. The summed E-state index contributed by atoms with van der Waals surface area (Å²) in [7, 11) is 0. The second-order valence-corrected chi connectivity index (χ2v) is 5.39. The molecule has 1 aliphatic rings. The monoisotopic (exact) mass is 288 g/mol. The molecule has 0 atom stereocenters. The number of nitrogens with zero attached hydrogens (tertiary/aromatic N) is 1. The fraction of sp³-hybridized carbons (Fsp3) is 0.188. The number of nitrogens with two attached hydrogens (primary N) is 1. The van der Waals surface area contributed by atoms with Crippen molar-refractivity contribution in [3.05, 3.63) is 59.2 Å². The normalized spacial score (nSPS) is 15.9. The van der Waals surface area contributed by atoms with Crippen LogP contribution in [0.3, 0.4) is 0 Å². The predicted molar refractivity (Wildman–Crippen MR) is 77.6 cm³/mol. The highest BCUT2D eigenvalue weighted by molar-refractivity contribution is 6.15. The molecule has 0 unspecified atom stereocenters. The Kier molecular flexibility index (Phi) is 2.93. The Morgan fingerprint density at radius 1 is 1.05 bits per heavy atom. The zero-order valence-corrected chi connectivity index (χ0v) is 11.7. The van der Waals surface area contributed by atoms with Crippen molar-refractivity contribution in [1.29, 1.82) is 0 Å². The molecule has 0 amide bonds. The van der Waals surface area contributed by atoms with Crippen LogP contribution in [0.1, 0.15) is 25.0 Å². The molecule has 0 aliphatic carbocycles. The zero-order valence-electron chi connectivity index (χ0n) is 11.7. The summed E-state index contributed by atoms with van der Waals surface area (Å²) in [5.41, 5.74) is 7.29. The zero-order chi connectivity index (χ0) is 15.2. The molecule has 21 heavy (non-hydrogen) atoms. The second-order valence-electron chi connectivity index (χ2n) is 5.39. The van der Waals surface area contributed by atoms with Gasteiger partial charge in [-0.25, -0.2) is 13.8 Å². The van der Waals surface area contributed by atoms with Gasteiger partial charge >= 0.3 is 0 Å². The van der Waals surface area contributed by atoms with Crippen molar-refractivity contribution in [2.75, 3.05) is 5.73 Å². The quantitative estimate of drug-likeness (QED) is 0.816. The van der Waals surface area contributed by atoms with E-state index < -0.39 is 17.4 Å². The van der Waals surface area contributed by atoms with E-state index in [1.165, 1.54) is 6.07 Å². The molecule has 0 fully saturated rings. The van der Waals surface area contributed by atoms with Crippen LogP contribution in [-0.4, -0.2) is 11.4 Å². The SMILES string of the molecule is CC1(C)N=C(c2ccc(F)c(F)c2)c2ccc(N)cc2O1. The number of nitrogen functional groups attached to an aromatic ring is 1. The van der Waals surface area contributed by atoms with Gasteiger partial charge < -0.3 is 10.5 Å². The molecular formula is C16H14F2N2O. The van der Waals surface area contributed by atoms with Crippen LogP contribution in [0.5, 0.6) is 5.75 Å². The lowest BCUT2D eigenvalue weighted by Crippen LogP contribution is -2.32. The van der Waals surface area contributed by atoms with E-state index in [-0.39, 0.29) is 0 Å². The van der Waals surface area contributed by atoms with Crippen LogP contribution >= 0.6 is 0 Å². The van der Waals surface area contributed by atoms with E-state index in [2.05, 4.69) is 4.99 Å². The first-order valence-corrected chi connectivity index (χ1v) is 6.50. The third-order valence-electron chi connectivity index (χ3n) is 3.19. The largest absolute Gasteiger partial charge is 0.466 e. The number of rotatable bonds is 1. The third-order valence-corrected chi connectivity index (χ3v) is 3.19. The smallest absolute Gasteiger partial charge is 0.195 e. The molecule has 2 N–H and O–H groups in total. The highest BCUT2D eigenvalue weighted by atomic mass is 19.2. The molecule has 5 heteroatoms. The van der Waals surface area contributed by atoms with Crippen molar-refractivity contribution in [2.45, 2.75) is 19.6 Å². The number of fused-ring (bicyclic) bond motifs is 1. The highest BCUT2D eigenvalue weighted by Crippen LogP contribution is 2.34. The number of anilines is 1. The average Bonchev–Trinajstić information content (AvgIpc) is 2.39. The Bertz CT molecular complexity index is 754. The minimum Gasteiger partial charge on any atom is -0.466 e. The second kappa shape index (κ2) is 4.55. The van der Waals surface area contributed by atoms with Gasteiger partial charge in [0.05, 0.1) is 5.71 Å². The van der Waals surface area contributed by atoms with Crippen molar-refractivity contribution < 1.29 is 13.5 Å². The van der Waals surface area contributed by atoms with E-state index in [0.717, 1.165) is 12.1 Å². The molecule has 0 saturated heterocycles. The summed E-state index contributed by atoms with van der Waals surface area (Å²) in [5.74, 6) is -1.21. The molecule has 1 aliphatic heterocycles. The van der Waals surface area contributed by atoms with Crippen molar-refractivity contribution in [3.8, 4) is 5.75 Å². The third kappa shape index (κ3) is 2.46. The van der Waals surface area contributed by atoms with Gasteiger partial charge in [0.25, 0.3) is 0 Å². The average molecular weight is 288 g/mol. The first-order valence-electron chi connectivity index (χ1n) is 6.50. The van der Waals surface area contributed by atoms with Crippen LogP contribution in [0.2, 0.25) is 0 Å². The Labute approximate surface area is 121 Å². The Morgan fingerprint density at radius 2 is 1.81 bits per heavy atom. The summed E-state index contributed by atoms with van der Waals surface area (Å²) in [6, 6.07) is 8.91. The number of aliphatic imine (C=N–C) groups is 1. The van der Waals surface area contributed by atoms with Crippen molar-refractivity contribution in [2.24, 2.45) is 4.99 Å². The van der Waals surface area contributed by atoms with Gasteiger partial charge in [0.2, 0.25) is 0 Å². The maximum Gasteiger partial charge on any atom is 0.195 e. The summed E-state index contributed by atoms with van der Waals surface area (Å²) in [4.78, 5) is 4.49. The van der Waals surface area contributed by atoms with Gasteiger partial charge in [-0.3, -0.25) is 0 Å². The Hall–Kier alpha value is -2.43. The molecule has 0 radical (unpaired) electrons. The van der Waals surface area contributed by atoms with Crippen LogP contribution in [0.25, 0.3) is 0 Å². The van der Waals surface area contributed by atoms with Crippen molar-refractivity contribution in [1.82, 2.24) is 0 Å². The van der Waals surface area contributed by atoms with Crippen LogP contribution in [0.4, 0.5) is 14.5 Å². The van der Waals surface area contributed by atoms with E-state index in [1.807, 2.05) is 0 Å². The molecular weight excluding hydrogens is 274 g/mol. The van der Waals surface area contributed by atoms with E-state index in [1.54, 1.807) is 32.0 Å². The lowest BCUT2D eigenvalue weighted by molar-refractivity contribution is 0.115. The number of halogens is 2. The minimum atomic E-state index is -0.906. The van der Waals surface area contributed by atoms with E-state index >= 15 is 0 Å². The van der Waals surface area contributed by atoms with Gasteiger partial charge in [-0.05, 0) is 44.2 Å². The highest BCUT2D eigenvalue weighted by Gasteiger charge is 2.29. The Balaban J connectivity index is 2.20. The van der Waals surface area contributed by atoms with Gasteiger partial charge in [0.15, 0.2) is 17.4 Å². The fourth-order valence-electron chi connectivity index (χ4n) is 2.30. The molecule has 2 aromatic carbocycles. The lowest BCUT2D eigenvalue weighted by atomic mass is 9.98. The molecule has 3 nitrogen and oxygen atoms in total. The topological polar surface area (TPSA) is 47.6 Å². The molecule has 3 rings (SSSR count). The molecule has 0 aromatic heterocycles. The summed E-state index contributed by atoms with van der Waals surface area (Å²) >= 11 is 0. The van der Waals surface area contributed by atoms with Crippen molar-refractivity contribution >= 4 is 11.4 Å². The first-order chi connectivity index (χ1) is 9.85. The first kappa shape index (κ1) is 13.5. The van der Waals surface area contributed by atoms with Crippen molar-refractivity contribution in [3.63, 3.8) is 0 Å². The summed E-state index contributed by atoms with van der Waals surface area (Å²) < 4.78 is 32.4. The summed E-state index contributed by atoms with van der Waals surface area (Å²) in [6.45, 7) is 3.58. The van der Waals surface area contributed by atoms with Gasteiger partial charge in [-0.15, -0.1) is 0 Å². The number of ether oxygens (including phenoxy) is 1. The maximum atomic E-state index is 13.5. The van der Waals surface area contributed by atoms with E-state index in [9.17, 15) is 8.78 Å². The summed E-state index contributed by atoms with van der Waals surface area (Å²) in [6.07, 6.45) is 0. The number of hydrogen-bond donors (Lipinski definition) is 1. The molecule has 0 bridgehead atoms. The number of benzene rings is 2.